The maximum Gasteiger partial charge on any atom is 0.332 e. The highest BCUT2D eigenvalue weighted by Gasteiger charge is 2.20. The van der Waals surface area contributed by atoms with Crippen LogP contribution in [0.4, 0.5) is 5.69 Å². The minimum absolute atomic E-state index is 0.0481. The molecule has 138 valence electrons. The predicted molar refractivity (Wildman–Crippen MR) is 96.5 cm³/mol. The van der Waals surface area contributed by atoms with Crippen molar-refractivity contribution in [2.45, 2.75) is 20.4 Å². The van der Waals surface area contributed by atoms with Crippen molar-refractivity contribution in [3.05, 3.63) is 37.5 Å². The number of rotatable bonds is 3. The van der Waals surface area contributed by atoms with Gasteiger partial charge in [-0.1, -0.05) is 0 Å². The second kappa shape index (κ2) is 6.13. The van der Waals surface area contributed by atoms with Crippen LogP contribution in [0.2, 0.25) is 5.28 Å². The molecular weight excluding hydrogens is 362 g/mol. The smallest absolute Gasteiger partial charge is 0.321 e. The Balaban J connectivity index is 2.04. The Labute approximate surface area is 152 Å². The molecule has 10 nitrogen and oxygen atoms in total. The maximum atomic E-state index is 12.5. The van der Waals surface area contributed by atoms with Gasteiger partial charge in [-0.3, -0.25) is 28.0 Å². The minimum atomic E-state index is -0.566. The largest absolute Gasteiger partial charge is 0.332 e. The van der Waals surface area contributed by atoms with Crippen LogP contribution >= 0.6 is 11.6 Å². The lowest BCUT2D eigenvalue weighted by Gasteiger charge is -2.09. The van der Waals surface area contributed by atoms with E-state index < -0.39 is 11.2 Å². The monoisotopic (exact) mass is 379 g/mol. The number of carbonyl (C=O) groups is 1. The van der Waals surface area contributed by atoms with E-state index in [2.05, 4.69) is 15.4 Å². The molecule has 3 heterocycles. The normalized spacial score (nSPS) is 11.3. The molecule has 11 heteroatoms. The minimum Gasteiger partial charge on any atom is -0.321 e. The van der Waals surface area contributed by atoms with E-state index in [1.165, 1.54) is 23.2 Å². The summed E-state index contributed by atoms with van der Waals surface area (Å²) < 4.78 is 5.11. The number of hydrogen-bond acceptors (Lipinski definition) is 5. The van der Waals surface area contributed by atoms with Gasteiger partial charge in [0, 0.05) is 21.1 Å². The zero-order valence-electron chi connectivity index (χ0n) is 15.0. The van der Waals surface area contributed by atoms with Crippen LogP contribution in [0.25, 0.3) is 11.2 Å². The van der Waals surface area contributed by atoms with E-state index in [4.69, 9.17) is 11.6 Å². The molecule has 0 fully saturated rings. The number of halogens is 1. The number of amides is 1. The summed E-state index contributed by atoms with van der Waals surface area (Å²) in [6.45, 7) is 3.39. The molecule has 0 bridgehead atoms. The Morgan fingerprint density at radius 3 is 2.38 bits per heavy atom. The Hall–Kier alpha value is -2.88. The average molecular weight is 380 g/mol. The number of nitrogens with zero attached hydrogens (tertiary/aromatic N) is 6. The summed E-state index contributed by atoms with van der Waals surface area (Å²) in [4.78, 5) is 41.0. The molecule has 0 aromatic carbocycles. The van der Waals surface area contributed by atoms with Gasteiger partial charge in [-0.2, -0.15) is 10.1 Å². The molecule has 0 unspecified atom stereocenters. The molecule has 0 atom stereocenters. The highest BCUT2D eigenvalue weighted by Crippen LogP contribution is 2.19. The van der Waals surface area contributed by atoms with Crippen molar-refractivity contribution in [1.82, 2.24) is 28.5 Å². The summed E-state index contributed by atoms with van der Waals surface area (Å²) in [7, 11) is 4.63. The van der Waals surface area contributed by atoms with Crippen molar-refractivity contribution >= 4 is 34.4 Å². The van der Waals surface area contributed by atoms with Crippen LogP contribution in [-0.2, 0) is 32.5 Å². The predicted octanol–water partition coefficient (Wildman–Crippen LogP) is 0.0761. The molecule has 0 aliphatic rings. The molecule has 0 radical (unpaired) electrons. The Morgan fingerprint density at radius 1 is 1.15 bits per heavy atom. The quantitative estimate of drug-likeness (QED) is 0.648. The lowest BCUT2D eigenvalue weighted by atomic mass is 10.3. The molecule has 0 saturated heterocycles. The third kappa shape index (κ3) is 2.62. The van der Waals surface area contributed by atoms with Crippen LogP contribution in [-0.4, -0.2) is 34.4 Å². The summed E-state index contributed by atoms with van der Waals surface area (Å²) in [5, 5.41) is 6.98. The molecule has 0 aliphatic heterocycles. The van der Waals surface area contributed by atoms with E-state index in [1.807, 2.05) is 6.92 Å². The summed E-state index contributed by atoms with van der Waals surface area (Å²) in [6.07, 6.45) is 0. The lowest BCUT2D eigenvalue weighted by molar-refractivity contribution is -0.116. The van der Waals surface area contributed by atoms with Gasteiger partial charge < -0.3 is 5.32 Å². The van der Waals surface area contributed by atoms with Gasteiger partial charge >= 0.3 is 5.69 Å². The van der Waals surface area contributed by atoms with Gasteiger partial charge in [-0.25, -0.2) is 4.79 Å². The molecule has 3 aromatic rings. The van der Waals surface area contributed by atoms with E-state index in [0.717, 1.165) is 10.3 Å². The van der Waals surface area contributed by atoms with Crippen molar-refractivity contribution in [3.8, 4) is 0 Å². The van der Waals surface area contributed by atoms with Crippen LogP contribution in [0.3, 0.4) is 0 Å². The number of aromatic nitrogens is 6. The van der Waals surface area contributed by atoms with Gasteiger partial charge in [0.15, 0.2) is 11.2 Å². The fraction of sp³-hybridized carbons (Fsp3) is 0.400. The van der Waals surface area contributed by atoms with Crippen molar-refractivity contribution in [2.24, 2.45) is 21.1 Å². The van der Waals surface area contributed by atoms with E-state index in [0.29, 0.717) is 11.4 Å². The SMILES string of the molecule is Cc1nn(C)c(C)c1NC(=O)Cn1c(Cl)nc2c1c(=O)n(C)c(=O)n2C. The Bertz CT molecular complexity index is 1170. The molecule has 1 amide bonds. The van der Waals surface area contributed by atoms with Gasteiger partial charge in [-0.05, 0) is 25.4 Å². The van der Waals surface area contributed by atoms with E-state index in [9.17, 15) is 14.4 Å². The number of aryl methyl sites for hydroxylation is 3. The molecule has 1 N–H and O–H groups in total. The summed E-state index contributed by atoms with van der Waals surface area (Å²) >= 11 is 6.12. The van der Waals surface area contributed by atoms with Crippen molar-refractivity contribution < 1.29 is 4.79 Å². The summed E-state index contributed by atoms with van der Waals surface area (Å²) in [6, 6.07) is 0. The number of fused-ring (bicyclic) bond motifs is 1. The molecule has 3 aromatic heterocycles. The zero-order valence-corrected chi connectivity index (χ0v) is 15.7. The van der Waals surface area contributed by atoms with Crippen molar-refractivity contribution in [2.75, 3.05) is 5.32 Å². The summed E-state index contributed by atoms with van der Waals surface area (Å²) in [5.41, 5.74) is 1.23. The highest BCUT2D eigenvalue weighted by molar-refractivity contribution is 6.29. The highest BCUT2D eigenvalue weighted by atomic mass is 35.5. The first kappa shape index (κ1) is 17.9. The van der Waals surface area contributed by atoms with Crippen LogP contribution < -0.4 is 16.6 Å². The average Bonchev–Trinajstić information content (AvgIpc) is 3.02. The van der Waals surface area contributed by atoms with E-state index >= 15 is 0 Å². The van der Waals surface area contributed by atoms with Gasteiger partial charge in [0.05, 0.1) is 17.1 Å². The van der Waals surface area contributed by atoms with Gasteiger partial charge in [0.2, 0.25) is 11.2 Å². The lowest BCUT2D eigenvalue weighted by Crippen LogP contribution is -2.37. The van der Waals surface area contributed by atoms with Crippen LogP contribution in [0.1, 0.15) is 11.4 Å². The van der Waals surface area contributed by atoms with Gasteiger partial charge in [0.25, 0.3) is 5.56 Å². The number of anilines is 1. The summed E-state index contributed by atoms with van der Waals surface area (Å²) in [5.74, 6) is -0.388. The number of carbonyl (C=O) groups excluding carboxylic acids is 1. The van der Waals surface area contributed by atoms with Crippen molar-refractivity contribution in [3.63, 3.8) is 0 Å². The molecule has 0 aliphatic carbocycles. The van der Waals surface area contributed by atoms with Crippen LogP contribution in [0.5, 0.6) is 0 Å². The fourth-order valence-corrected chi connectivity index (χ4v) is 3.07. The number of hydrogen-bond donors (Lipinski definition) is 1. The number of nitrogens with one attached hydrogen (secondary N) is 1. The third-order valence-corrected chi connectivity index (χ3v) is 4.67. The molecule has 3 rings (SSSR count). The first-order valence-corrected chi connectivity index (χ1v) is 8.13. The standard InChI is InChI=1S/C15H18ClN7O3/c1-7-10(8(2)22(5)19-7)17-9(24)6-23-11-12(18-14(23)16)20(3)15(26)21(4)13(11)25/h6H2,1-5H3,(H,17,24). The van der Waals surface area contributed by atoms with Gasteiger partial charge in [-0.15, -0.1) is 0 Å². The molecule has 0 saturated carbocycles. The van der Waals surface area contributed by atoms with E-state index in [1.54, 1.807) is 18.7 Å². The fourth-order valence-electron chi connectivity index (χ4n) is 2.84. The second-order valence-electron chi connectivity index (χ2n) is 6.06. The van der Waals surface area contributed by atoms with E-state index in [-0.39, 0.29) is 28.9 Å². The van der Waals surface area contributed by atoms with Gasteiger partial charge in [0.1, 0.15) is 6.54 Å². The van der Waals surface area contributed by atoms with Crippen LogP contribution in [0, 0.1) is 13.8 Å². The Morgan fingerprint density at radius 2 is 1.81 bits per heavy atom. The van der Waals surface area contributed by atoms with Crippen molar-refractivity contribution in [1.29, 1.82) is 0 Å². The molecular formula is C15H18ClN7O3. The Kier molecular flexibility index (Phi) is 4.23. The van der Waals surface area contributed by atoms with Crippen LogP contribution in [0.15, 0.2) is 9.59 Å². The molecule has 0 spiro atoms. The maximum absolute atomic E-state index is 12.5. The third-order valence-electron chi connectivity index (χ3n) is 4.38. The first-order valence-electron chi connectivity index (χ1n) is 7.75. The molecule has 26 heavy (non-hydrogen) atoms. The number of imidazole rings is 1. The topological polar surface area (TPSA) is 109 Å². The first-order chi connectivity index (χ1) is 12.1. The second-order valence-corrected chi connectivity index (χ2v) is 6.40. The zero-order chi connectivity index (χ0) is 19.3.